The minimum absolute atomic E-state index is 0.0220. The molecule has 10 heteroatoms. The molecule has 2 aromatic rings. The van der Waals surface area contributed by atoms with Crippen LogP contribution in [-0.2, 0) is 17.4 Å². The summed E-state index contributed by atoms with van der Waals surface area (Å²) in [5.41, 5.74) is 0.705. The van der Waals surface area contributed by atoms with Crippen LogP contribution in [0.25, 0.3) is 0 Å². The maximum Gasteiger partial charge on any atom is 0.433 e. The molecule has 1 aliphatic heterocycles. The Kier molecular flexibility index (Phi) is 5.85. The zero-order chi connectivity index (χ0) is 20.3. The highest BCUT2D eigenvalue weighted by molar-refractivity contribution is 5.76. The summed E-state index contributed by atoms with van der Waals surface area (Å²) in [4.78, 5) is 21.3. The van der Waals surface area contributed by atoms with Gasteiger partial charge in [0.05, 0.1) is 5.69 Å². The van der Waals surface area contributed by atoms with Gasteiger partial charge in [0.1, 0.15) is 11.9 Å². The van der Waals surface area contributed by atoms with Crippen LogP contribution in [0.5, 0.6) is 6.01 Å². The number of piperidine rings is 1. The van der Waals surface area contributed by atoms with Gasteiger partial charge in [0.15, 0.2) is 5.69 Å². The average molecular weight is 398 g/mol. The molecule has 1 fully saturated rings. The molecule has 0 unspecified atom stereocenters. The Bertz CT molecular complexity index is 810. The second-order valence-corrected chi connectivity index (χ2v) is 6.72. The number of rotatable bonds is 5. The summed E-state index contributed by atoms with van der Waals surface area (Å²) in [5, 5.41) is 3.88. The van der Waals surface area contributed by atoms with Crippen molar-refractivity contribution in [2.45, 2.75) is 51.8 Å². The van der Waals surface area contributed by atoms with Gasteiger partial charge in [0.25, 0.3) is 0 Å². The van der Waals surface area contributed by atoms with E-state index in [1.807, 2.05) is 13.8 Å². The first-order chi connectivity index (χ1) is 13.2. The maximum atomic E-state index is 12.7. The van der Waals surface area contributed by atoms with E-state index in [0.717, 1.165) is 29.3 Å². The van der Waals surface area contributed by atoms with E-state index in [0.29, 0.717) is 38.8 Å². The van der Waals surface area contributed by atoms with Gasteiger partial charge in [0.2, 0.25) is 5.91 Å². The molecular formula is C18H21F3N4O3. The molecule has 28 heavy (non-hydrogen) atoms. The van der Waals surface area contributed by atoms with Crippen molar-refractivity contribution in [3.8, 4) is 6.01 Å². The predicted molar refractivity (Wildman–Crippen MR) is 91.6 cm³/mol. The standard InChI is InChI=1S/C18H21F3N4O3/c1-11-14(12(2)28-24-11)3-4-16(26)25-9-6-13(7-10-25)27-17-22-8-5-15(23-17)18(19,20)21/h5,8,13H,3-4,6-7,9-10H2,1-2H3. The molecule has 2 aromatic heterocycles. The molecule has 7 nitrogen and oxygen atoms in total. The number of alkyl halides is 3. The molecule has 0 spiro atoms. The maximum absolute atomic E-state index is 12.7. The normalized spacial score (nSPS) is 15.7. The van der Waals surface area contributed by atoms with Gasteiger partial charge in [-0.05, 0) is 26.3 Å². The first-order valence-electron chi connectivity index (χ1n) is 9.00. The molecule has 0 aromatic carbocycles. The molecule has 0 saturated carbocycles. The van der Waals surface area contributed by atoms with E-state index >= 15 is 0 Å². The predicted octanol–water partition coefficient (Wildman–Crippen LogP) is 3.10. The van der Waals surface area contributed by atoms with Crippen molar-refractivity contribution in [2.75, 3.05) is 13.1 Å². The largest absolute Gasteiger partial charge is 0.460 e. The lowest BCUT2D eigenvalue weighted by atomic mass is 10.0. The molecule has 1 aliphatic rings. The summed E-state index contributed by atoms with van der Waals surface area (Å²) >= 11 is 0. The van der Waals surface area contributed by atoms with E-state index in [1.165, 1.54) is 0 Å². The highest BCUT2D eigenvalue weighted by Gasteiger charge is 2.33. The minimum atomic E-state index is -4.54. The lowest BCUT2D eigenvalue weighted by Gasteiger charge is -2.31. The number of amides is 1. The molecule has 0 aliphatic carbocycles. The van der Waals surface area contributed by atoms with Crippen LogP contribution in [0.2, 0.25) is 0 Å². The lowest BCUT2D eigenvalue weighted by molar-refractivity contribution is -0.141. The lowest BCUT2D eigenvalue weighted by Crippen LogP contribution is -2.42. The van der Waals surface area contributed by atoms with Gasteiger partial charge in [-0.25, -0.2) is 4.98 Å². The van der Waals surface area contributed by atoms with E-state index in [2.05, 4.69) is 15.1 Å². The summed E-state index contributed by atoms with van der Waals surface area (Å²) in [7, 11) is 0. The van der Waals surface area contributed by atoms with E-state index < -0.39 is 11.9 Å². The Morgan fingerprint density at radius 2 is 2.04 bits per heavy atom. The number of carbonyl (C=O) groups is 1. The van der Waals surface area contributed by atoms with Crippen LogP contribution in [-0.4, -0.2) is 45.1 Å². The van der Waals surface area contributed by atoms with Crippen molar-refractivity contribution in [2.24, 2.45) is 0 Å². The smallest absolute Gasteiger partial charge is 0.433 e. The fourth-order valence-corrected chi connectivity index (χ4v) is 3.18. The van der Waals surface area contributed by atoms with Crippen molar-refractivity contribution >= 4 is 5.91 Å². The highest BCUT2D eigenvalue weighted by atomic mass is 19.4. The first-order valence-corrected chi connectivity index (χ1v) is 9.00. The number of nitrogens with zero attached hydrogens (tertiary/aromatic N) is 4. The van der Waals surface area contributed by atoms with Crippen molar-refractivity contribution in [1.29, 1.82) is 0 Å². The zero-order valence-electron chi connectivity index (χ0n) is 15.6. The Morgan fingerprint density at radius 3 is 2.64 bits per heavy atom. The quantitative estimate of drug-likeness (QED) is 0.770. The zero-order valence-corrected chi connectivity index (χ0v) is 15.6. The van der Waals surface area contributed by atoms with Gasteiger partial charge in [-0.1, -0.05) is 5.16 Å². The fraction of sp³-hybridized carbons (Fsp3) is 0.556. The Hall–Kier alpha value is -2.65. The van der Waals surface area contributed by atoms with Crippen molar-refractivity contribution in [3.63, 3.8) is 0 Å². The number of hydrogen-bond acceptors (Lipinski definition) is 6. The van der Waals surface area contributed by atoms with Crippen molar-refractivity contribution < 1.29 is 27.2 Å². The number of ether oxygens (including phenoxy) is 1. The van der Waals surface area contributed by atoms with Crippen LogP contribution in [0.4, 0.5) is 13.2 Å². The van der Waals surface area contributed by atoms with Crippen molar-refractivity contribution in [3.05, 3.63) is 35.0 Å². The minimum Gasteiger partial charge on any atom is -0.460 e. The molecular weight excluding hydrogens is 377 g/mol. The summed E-state index contributed by atoms with van der Waals surface area (Å²) in [6, 6.07) is 0.505. The molecule has 1 amide bonds. The van der Waals surface area contributed by atoms with Gasteiger partial charge in [-0.2, -0.15) is 18.2 Å². The molecule has 0 N–H and O–H groups in total. The van der Waals surface area contributed by atoms with Crippen molar-refractivity contribution in [1.82, 2.24) is 20.0 Å². The number of carbonyl (C=O) groups excluding carboxylic acids is 1. The number of halogens is 3. The van der Waals surface area contributed by atoms with Gasteiger partial charge in [-0.3, -0.25) is 4.79 Å². The molecule has 152 valence electrons. The van der Waals surface area contributed by atoms with Crippen LogP contribution < -0.4 is 4.74 Å². The summed E-state index contributed by atoms with van der Waals surface area (Å²) in [6.07, 6.45) is -1.90. The van der Waals surface area contributed by atoms with E-state index in [-0.39, 0.29) is 18.0 Å². The average Bonchev–Trinajstić information content (AvgIpc) is 2.98. The van der Waals surface area contributed by atoms with Crippen LogP contribution in [0.1, 0.15) is 42.0 Å². The molecule has 1 saturated heterocycles. The first kappa shape index (κ1) is 20.1. The molecule has 0 bridgehead atoms. The van der Waals surface area contributed by atoms with Gasteiger partial charge >= 0.3 is 12.2 Å². The van der Waals surface area contributed by atoms with Crippen LogP contribution >= 0.6 is 0 Å². The fourth-order valence-electron chi connectivity index (χ4n) is 3.18. The van der Waals surface area contributed by atoms with Crippen LogP contribution in [0, 0.1) is 13.8 Å². The number of hydrogen-bond donors (Lipinski definition) is 0. The molecule has 0 atom stereocenters. The third-order valence-corrected chi connectivity index (χ3v) is 4.76. The number of likely N-dealkylation sites (tertiary alicyclic amines) is 1. The van der Waals surface area contributed by atoms with Gasteiger partial charge < -0.3 is 14.2 Å². The van der Waals surface area contributed by atoms with E-state index in [4.69, 9.17) is 9.26 Å². The second-order valence-electron chi connectivity index (χ2n) is 6.72. The van der Waals surface area contributed by atoms with Crippen LogP contribution in [0.15, 0.2) is 16.8 Å². The monoisotopic (exact) mass is 398 g/mol. The third kappa shape index (κ3) is 4.79. The Labute approximate surface area is 159 Å². The Balaban J connectivity index is 1.48. The van der Waals surface area contributed by atoms with Gasteiger partial charge in [-0.15, -0.1) is 0 Å². The summed E-state index contributed by atoms with van der Waals surface area (Å²) in [6.45, 7) is 4.61. The summed E-state index contributed by atoms with van der Waals surface area (Å²) in [5.74, 6) is 0.743. The molecule has 3 rings (SSSR count). The number of aromatic nitrogens is 3. The van der Waals surface area contributed by atoms with Crippen LogP contribution in [0.3, 0.4) is 0 Å². The second kappa shape index (κ2) is 8.15. The molecule has 3 heterocycles. The Morgan fingerprint density at radius 1 is 1.32 bits per heavy atom. The molecule has 0 radical (unpaired) electrons. The van der Waals surface area contributed by atoms with Gasteiger partial charge in [0, 0.05) is 44.1 Å². The third-order valence-electron chi connectivity index (χ3n) is 4.76. The van der Waals surface area contributed by atoms with E-state index in [9.17, 15) is 18.0 Å². The number of aryl methyl sites for hydroxylation is 2. The topological polar surface area (TPSA) is 81.4 Å². The van der Waals surface area contributed by atoms with E-state index in [1.54, 1.807) is 4.90 Å². The SMILES string of the molecule is Cc1noc(C)c1CCC(=O)N1CCC(Oc2nccc(C(F)(F)F)n2)CC1. The summed E-state index contributed by atoms with van der Waals surface area (Å²) < 4.78 is 48.7. The highest BCUT2D eigenvalue weighted by Crippen LogP contribution is 2.28.